The van der Waals surface area contributed by atoms with Crippen LogP contribution in [0.4, 0.5) is 0 Å². The van der Waals surface area contributed by atoms with Crippen molar-refractivity contribution in [2.75, 3.05) is 40.4 Å². The van der Waals surface area contributed by atoms with Crippen LogP contribution in [0.5, 0.6) is 0 Å². The number of likely N-dealkylation sites (N-methyl/N-ethyl adjacent to an activating group) is 1. The lowest BCUT2D eigenvalue weighted by Crippen LogP contribution is -2.62. The van der Waals surface area contributed by atoms with Crippen LogP contribution in [0.15, 0.2) is 54.6 Å². The number of amides is 4. The lowest BCUT2D eigenvalue weighted by molar-refractivity contribution is -0.155. The zero-order valence-electron chi connectivity index (χ0n) is 39.4. The Balaban J connectivity index is 0.00000298. The monoisotopic (exact) mass is 1020 g/mol. The zero-order chi connectivity index (χ0) is 45.2. The zero-order valence-corrected chi connectivity index (χ0v) is 44.3. The third-order valence-corrected chi connectivity index (χ3v) is 13.3. The van der Waals surface area contributed by atoms with Crippen molar-refractivity contribution in [1.82, 2.24) is 40.1 Å². The molecule has 4 aromatic rings. The van der Waals surface area contributed by atoms with Crippen molar-refractivity contribution in [1.29, 1.82) is 0 Å². The minimum absolute atomic E-state index is 0. The number of cyclic esters (lactones) is 1. The number of aryl methyl sites for hydroxylation is 1. The summed E-state index contributed by atoms with van der Waals surface area (Å²) in [4.78, 5) is 81.7. The number of likely N-dealkylation sites (tertiary alicyclic amines) is 1. The molecule has 0 radical (unpaired) electrons. The minimum atomic E-state index is -1.08. The van der Waals surface area contributed by atoms with Crippen LogP contribution in [0, 0.1) is 17.3 Å². The Hall–Kier alpha value is -4.05. The summed E-state index contributed by atoms with van der Waals surface area (Å²) in [6.45, 7) is 15.7. The van der Waals surface area contributed by atoms with Gasteiger partial charge in [0.15, 0.2) is 0 Å². The summed E-state index contributed by atoms with van der Waals surface area (Å²) >= 11 is 1.40. The Morgan fingerprint density at radius 1 is 1.12 bits per heavy atom. The van der Waals surface area contributed by atoms with Gasteiger partial charge in [-0.1, -0.05) is 40.3 Å². The Morgan fingerprint density at radius 2 is 1.87 bits per heavy atom. The summed E-state index contributed by atoms with van der Waals surface area (Å²) in [5, 5.41) is 8.08. The Bertz CT molecular complexity index is 2410. The van der Waals surface area contributed by atoms with Gasteiger partial charge in [0, 0.05) is 85.8 Å². The number of hydrazine groups is 1. The number of thiazole rings is 1. The molecule has 4 amide bonds. The van der Waals surface area contributed by atoms with E-state index in [9.17, 15) is 24.0 Å². The minimum Gasteiger partial charge on any atom is -0.464 e. The molecule has 67 heavy (non-hydrogen) atoms. The molecular formula is C47H68N8O7S5. The molecule has 0 saturated carbocycles. The summed E-state index contributed by atoms with van der Waals surface area (Å²) in [6, 6.07) is 7.60. The maximum absolute atomic E-state index is 14.6. The molecule has 20 heteroatoms. The number of rotatable bonds is 10. The molecule has 0 unspecified atom stereocenters. The summed E-state index contributed by atoms with van der Waals surface area (Å²) in [7, 11) is 3.26. The van der Waals surface area contributed by atoms with E-state index < -0.39 is 47.2 Å². The summed E-state index contributed by atoms with van der Waals surface area (Å²) < 4.78 is 14.0. The average Bonchev–Trinajstić information content (AvgIpc) is 4.03. The second-order valence-electron chi connectivity index (χ2n) is 18.0. The lowest BCUT2D eigenvalue weighted by Gasteiger charge is -2.36. The molecule has 2 saturated heterocycles. The number of methoxy groups -OCH3 is 1. The van der Waals surface area contributed by atoms with Gasteiger partial charge in [-0.3, -0.25) is 34.0 Å². The van der Waals surface area contributed by atoms with E-state index in [-0.39, 0.29) is 91.3 Å². The van der Waals surface area contributed by atoms with E-state index >= 15 is 0 Å². The van der Waals surface area contributed by atoms with Crippen LogP contribution in [0.25, 0.3) is 33.4 Å². The lowest BCUT2D eigenvalue weighted by atomic mass is 9.84. The van der Waals surface area contributed by atoms with Crippen molar-refractivity contribution in [3.63, 3.8) is 0 Å². The summed E-state index contributed by atoms with van der Waals surface area (Å²) in [5.74, 6) is -2.63. The molecule has 6 bridgehead atoms. The highest BCUT2D eigenvalue weighted by Crippen LogP contribution is 2.41. The van der Waals surface area contributed by atoms with Gasteiger partial charge in [0.2, 0.25) is 17.7 Å². The number of pyridine rings is 1. The van der Waals surface area contributed by atoms with Gasteiger partial charge in [-0.2, -0.15) is 54.0 Å². The highest BCUT2D eigenvalue weighted by molar-refractivity contribution is 7.59. The number of esters is 1. The van der Waals surface area contributed by atoms with Crippen LogP contribution in [-0.4, -0.2) is 117 Å². The first-order valence-corrected chi connectivity index (χ1v) is 22.8. The molecule has 1 aromatic carbocycles. The smallest absolute Gasteiger partial charge is 0.324 e. The number of carbonyl (C=O) groups excluding carboxylic acids is 5. The van der Waals surface area contributed by atoms with Gasteiger partial charge >= 0.3 is 5.97 Å². The largest absolute Gasteiger partial charge is 0.464 e. The number of aromatic nitrogens is 3. The Morgan fingerprint density at radius 3 is 2.55 bits per heavy atom. The van der Waals surface area contributed by atoms with Gasteiger partial charge in [0.1, 0.15) is 18.1 Å². The van der Waals surface area contributed by atoms with E-state index in [1.54, 1.807) is 25.3 Å². The molecule has 368 valence electrons. The molecule has 3 aliphatic rings. The number of ether oxygens (including phenoxy) is 2. The molecule has 7 rings (SSSR count). The van der Waals surface area contributed by atoms with Crippen LogP contribution in [0.2, 0.25) is 0 Å². The van der Waals surface area contributed by atoms with Crippen molar-refractivity contribution in [3.05, 3.63) is 70.8 Å². The van der Waals surface area contributed by atoms with Gasteiger partial charge in [0.05, 0.1) is 41.2 Å². The van der Waals surface area contributed by atoms with Crippen LogP contribution in [0.1, 0.15) is 70.1 Å². The summed E-state index contributed by atoms with van der Waals surface area (Å²) in [5.41, 5.74) is 9.26. The number of carbonyl (C=O) groups is 5. The van der Waals surface area contributed by atoms with Crippen molar-refractivity contribution in [2.24, 2.45) is 17.3 Å². The molecular weight excluding hydrogens is 949 g/mol. The molecule has 3 aromatic heterocycles. The predicted octanol–water partition coefficient (Wildman–Crippen LogP) is 5.61. The number of benzene rings is 1. The second-order valence-corrected chi connectivity index (χ2v) is 18.9. The number of fused-ring (bicyclic) bond motifs is 6. The van der Waals surface area contributed by atoms with Gasteiger partial charge in [-0.15, -0.1) is 11.3 Å². The average molecular weight is 1020 g/mol. The maximum atomic E-state index is 14.6. The third kappa shape index (κ3) is 12.4. The fourth-order valence-electron chi connectivity index (χ4n) is 9.32. The molecule has 2 fully saturated rings. The molecule has 2 N–H and O–H groups in total. The number of hydrogen-bond donors (Lipinski definition) is 2. The molecule has 0 aliphatic carbocycles. The van der Waals surface area contributed by atoms with Crippen molar-refractivity contribution >= 4 is 106 Å². The highest BCUT2D eigenvalue weighted by atomic mass is 32.1. The van der Waals surface area contributed by atoms with Crippen LogP contribution >= 0.6 is 65.3 Å². The van der Waals surface area contributed by atoms with Crippen LogP contribution in [0.3, 0.4) is 0 Å². The third-order valence-electron chi connectivity index (χ3n) is 12.4. The molecule has 0 spiro atoms. The fourth-order valence-corrected chi connectivity index (χ4v) is 10.2. The van der Waals surface area contributed by atoms with Gasteiger partial charge in [0.25, 0.3) is 5.91 Å². The van der Waals surface area contributed by atoms with E-state index in [1.165, 1.54) is 27.3 Å². The SMILES string of the molecule is C=CC(=O)N1CC[C@H](C(=O)N(C)[C@H](C(=O)N[C@H]2Cc3nc(cs3)-c3ccc4c(c3)c(c(-c3cccnc3COC)n4CC)CC(C)(C)COC(=O)[C@@H]3CCCN(N3)C2=O)C(C)C)C1.S.S.S.S. The van der Waals surface area contributed by atoms with E-state index in [0.717, 1.165) is 44.7 Å². The van der Waals surface area contributed by atoms with Crippen molar-refractivity contribution in [2.45, 2.75) is 98.0 Å². The first kappa shape index (κ1) is 57.3. The number of nitrogens with zero attached hydrogens (tertiary/aromatic N) is 6. The van der Waals surface area contributed by atoms with Crippen LogP contribution in [-0.2, 0) is 59.4 Å². The van der Waals surface area contributed by atoms with E-state index in [0.29, 0.717) is 56.9 Å². The molecule has 15 nitrogen and oxygen atoms in total. The first-order chi connectivity index (χ1) is 30.1. The Kier molecular flexibility index (Phi) is 20.9. The Labute approximate surface area is 425 Å². The highest BCUT2D eigenvalue weighted by Gasteiger charge is 2.40. The van der Waals surface area contributed by atoms with E-state index in [1.807, 2.05) is 25.3 Å². The summed E-state index contributed by atoms with van der Waals surface area (Å²) in [6.07, 6.45) is 5.16. The second kappa shape index (κ2) is 24.5. The molecule has 3 aliphatic heterocycles. The van der Waals surface area contributed by atoms with Crippen molar-refractivity contribution < 1.29 is 33.4 Å². The van der Waals surface area contributed by atoms with Gasteiger partial charge in [-0.25, -0.2) is 10.4 Å². The van der Waals surface area contributed by atoms with E-state index in [2.05, 4.69) is 66.9 Å². The van der Waals surface area contributed by atoms with Crippen molar-refractivity contribution in [3.8, 4) is 22.5 Å². The van der Waals surface area contributed by atoms with Crippen LogP contribution < -0.4 is 10.7 Å². The molecule has 6 heterocycles. The first-order valence-electron chi connectivity index (χ1n) is 21.9. The topological polar surface area (TPSA) is 168 Å². The van der Waals surface area contributed by atoms with Gasteiger partial charge in [-0.05, 0) is 74.4 Å². The molecule has 4 atom stereocenters. The quantitative estimate of drug-likeness (QED) is 0.151. The normalized spacial score (nSPS) is 19.7. The fraction of sp³-hybridized carbons (Fsp3) is 0.511. The number of nitrogens with one attached hydrogen (secondary N) is 2. The van der Waals surface area contributed by atoms with E-state index in [4.69, 9.17) is 19.4 Å². The number of hydrogen-bond acceptors (Lipinski definition) is 11. The maximum Gasteiger partial charge on any atom is 0.324 e. The van der Waals surface area contributed by atoms with Gasteiger partial charge < -0.3 is 29.2 Å². The predicted molar refractivity (Wildman–Crippen MR) is 282 cm³/mol. The standard InChI is InChI=1S/C47H60N8O7S.4H2S/c1-9-40(56)53-20-17-30(24-53)44(58)52(7)41(28(3)4)43(57)50-35-22-39-49-37(26-63-39)29-15-16-38-32(21-29)33(42(54(38)10-2)31-13-11-18-48-36(31)25-61-8)23-47(5,6)27-62-46(60)34-14-12-19-55(51-34)45(35)59;;;;/h9,11,13,15-16,18,21,26,28,30,34-35,41,51H,1,10,12,14,17,19-20,22-25,27H2,2-8H3,(H,50,57);4*1H2/t30-,34-,35-,41-;;;;/m0..../s1.